The van der Waals surface area contributed by atoms with Crippen LogP contribution in [0.2, 0.25) is 5.02 Å². The number of piperazine rings is 1. The third-order valence-electron chi connectivity index (χ3n) is 5.58. The van der Waals surface area contributed by atoms with Crippen LogP contribution < -0.4 is 10.5 Å². The summed E-state index contributed by atoms with van der Waals surface area (Å²) in [6.07, 6.45) is 1.32. The Morgan fingerprint density at radius 2 is 1.67 bits per heavy atom. The smallest absolute Gasteiger partial charge is 0.292 e. The molecule has 0 saturated carbocycles. The van der Waals surface area contributed by atoms with Crippen molar-refractivity contribution in [2.75, 3.05) is 31.1 Å². The molecular formula is C22H21ClF2N4O3S. The summed E-state index contributed by atoms with van der Waals surface area (Å²) in [7, 11) is -3.67. The van der Waals surface area contributed by atoms with Crippen LogP contribution in [0.4, 0.5) is 14.5 Å². The third-order valence-corrected chi connectivity index (χ3v) is 7.98. The normalized spacial score (nSPS) is 15.1. The number of halogens is 3. The first-order valence-corrected chi connectivity index (χ1v) is 12.0. The van der Waals surface area contributed by atoms with Gasteiger partial charge in [-0.15, -0.1) is 0 Å². The minimum absolute atomic E-state index is 0.181. The minimum atomic E-state index is -3.67. The summed E-state index contributed by atoms with van der Waals surface area (Å²) >= 11 is 6.28. The summed E-state index contributed by atoms with van der Waals surface area (Å²) in [6.45, 7) is 4.57. The number of aromatic nitrogens is 2. The lowest BCUT2D eigenvalue weighted by Gasteiger charge is -2.35. The zero-order chi connectivity index (χ0) is 23.9. The summed E-state index contributed by atoms with van der Waals surface area (Å²) in [6, 6.07) is 8.08. The van der Waals surface area contributed by atoms with Gasteiger partial charge < -0.3 is 4.90 Å². The standard InChI is InChI=1S/C22H21ClF2N4O3S/c1-14-3-4-15(2)20(11-14)33(31,32)28-9-7-27(8-10-28)19-13-26-29(22(30)21(19)23)18-6-5-16(24)12-17(18)25/h3-6,11-13H,7-10H2,1-2H3. The van der Waals surface area contributed by atoms with Crippen LogP contribution in [-0.2, 0) is 10.0 Å². The van der Waals surface area contributed by atoms with Gasteiger partial charge in [-0.25, -0.2) is 17.2 Å². The van der Waals surface area contributed by atoms with Crippen molar-refractivity contribution in [2.45, 2.75) is 18.7 Å². The van der Waals surface area contributed by atoms with Crippen LogP contribution in [0.5, 0.6) is 0 Å². The van der Waals surface area contributed by atoms with E-state index in [1.54, 1.807) is 24.0 Å². The van der Waals surface area contributed by atoms with Crippen LogP contribution in [0.3, 0.4) is 0 Å². The molecule has 1 aliphatic rings. The maximum absolute atomic E-state index is 14.1. The Morgan fingerprint density at radius 3 is 2.33 bits per heavy atom. The Morgan fingerprint density at radius 1 is 0.970 bits per heavy atom. The molecule has 0 atom stereocenters. The van der Waals surface area contributed by atoms with Crippen molar-refractivity contribution in [2.24, 2.45) is 0 Å². The van der Waals surface area contributed by atoms with Crippen LogP contribution in [0.1, 0.15) is 11.1 Å². The van der Waals surface area contributed by atoms with Crippen LogP contribution in [-0.4, -0.2) is 48.7 Å². The van der Waals surface area contributed by atoms with E-state index in [9.17, 15) is 22.0 Å². The zero-order valence-corrected chi connectivity index (χ0v) is 19.5. The predicted octanol–water partition coefficient (Wildman–Crippen LogP) is 3.29. The van der Waals surface area contributed by atoms with E-state index in [0.717, 1.165) is 22.4 Å². The molecule has 0 aliphatic carbocycles. The SMILES string of the molecule is Cc1ccc(C)c(S(=O)(=O)N2CCN(c3cnn(-c4ccc(F)cc4F)c(=O)c3Cl)CC2)c1. The Labute approximate surface area is 194 Å². The van der Waals surface area contributed by atoms with Gasteiger partial charge in [-0.1, -0.05) is 23.7 Å². The van der Waals surface area contributed by atoms with Crippen molar-refractivity contribution in [3.63, 3.8) is 0 Å². The molecule has 1 aromatic heterocycles. The van der Waals surface area contributed by atoms with E-state index in [2.05, 4.69) is 5.10 Å². The van der Waals surface area contributed by atoms with Gasteiger partial charge in [-0.3, -0.25) is 4.79 Å². The van der Waals surface area contributed by atoms with E-state index in [0.29, 0.717) is 30.4 Å². The van der Waals surface area contributed by atoms with Gasteiger partial charge in [-0.2, -0.15) is 14.1 Å². The van der Waals surface area contributed by atoms with Crippen molar-refractivity contribution in [1.29, 1.82) is 0 Å². The molecule has 0 bridgehead atoms. The van der Waals surface area contributed by atoms with Crippen molar-refractivity contribution in [3.8, 4) is 5.69 Å². The van der Waals surface area contributed by atoms with Gasteiger partial charge in [0, 0.05) is 32.2 Å². The summed E-state index contributed by atoms with van der Waals surface area (Å²) in [4.78, 5) is 14.8. The van der Waals surface area contributed by atoms with Crippen molar-refractivity contribution < 1.29 is 17.2 Å². The molecule has 1 saturated heterocycles. The highest BCUT2D eigenvalue weighted by Gasteiger charge is 2.31. The lowest BCUT2D eigenvalue weighted by molar-refractivity contribution is 0.384. The highest BCUT2D eigenvalue weighted by molar-refractivity contribution is 7.89. The van der Waals surface area contributed by atoms with E-state index in [4.69, 9.17) is 11.6 Å². The maximum Gasteiger partial charge on any atom is 0.292 e. The van der Waals surface area contributed by atoms with Gasteiger partial charge in [0.25, 0.3) is 5.56 Å². The number of sulfonamides is 1. The first kappa shape index (κ1) is 23.3. The molecule has 4 rings (SSSR count). The number of nitrogens with zero attached hydrogens (tertiary/aromatic N) is 4. The number of hydrogen-bond acceptors (Lipinski definition) is 5. The van der Waals surface area contributed by atoms with E-state index in [1.807, 2.05) is 13.0 Å². The van der Waals surface area contributed by atoms with Crippen molar-refractivity contribution in [3.05, 3.63) is 80.7 Å². The molecule has 1 fully saturated rings. The molecule has 7 nitrogen and oxygen atoms in total. The number of anilines is 1. The first-order valence-electron chi connectivity index (χ1n) is 10.1. The molecule has 33 heavy (non-hydrogen) atoms. The van der Waals surface area contributed by atoms with E-state index >= 15 is 0 Å². The number of aryl methyl sites for hydroxylation is 2. The summed E-state index contributed by atoms with van der Waals surface area (Å²) < 4.78 is 55.7. The molecule has 0 N–H and O–H groups in total. The fourth-order valence-electron chi connectivity index (χ4n) is 3.76. The van der Waals surface area contributed by atoms with Gasteiger partial charge in [-0.05, 0) is 43.2 Å². The fourth-order valence-corrected chi connectivity index (χ4v) is 5.74. The average Bonchev–Trinajstić information content (AvgIpc) is 2.78. The molecule has 1 aliphatic heterocycles. The van der Waals surface area contributed by atoms with Gasteiger partial charge in [0.2, 0.25) is 10.0 Å². The molecule has 0 amide bonds. The molecular weight excluding hydrogens is 474 g/mol. The van der Waals surface area contributed by atoms with Crippen molar-refractivity contribution in [1.82, 2.24) is 14.1 Å². The van der Waals surface area contributed by atoms with E-state index in [1.165, 1.54) is 10.5 Å². The van der Waals surface area contributed by atoms with E-state index in [-0.39, 0.29) is 28.7 Å². The van der Waals surface area contributed by atoms with Crippen LogP contribution in [0.25, 0.3) is 5.69 Å². The number of hydrogen-bond donors (Lipinski definition) is 0. The fraction of sp³-hybridized carbons (Fsp3) is 0.273. The lowest BCUT2D eigenvalue weighted by Crippen LogP contribution is -2.49. The van der Waals surface area contributed by atoms with Gasteiger partial charge in [0.1, 0.15) is 16.5 Å². The third kappa shape index (κ3) is 4.38. The second-order valence-electron chi connectivity index (χ2n) is 7.82. The second kappa shape index (κ2) is 8.85. The predicted molar refractivity (Wildman–Crippen MR) is 122 cm³/mol. The van der Waals surface area contributed by atoms with Gasteiger partial charge >= 0.3 is 0 Å². The van der Waals surface area contributed by atoms with E-state index < -0.39 is 27.2 Å². The maximum atomic E-state index is 14.1. The molecule has 2 heterocycles. The minimum Gasteiger partial charge on any atom is -0.366 e. The monoisotopic (exact) mass is 494 g/mol. The molecule has 2 aromatic carbocycles. The van der Waals surface area contributed by atoms with Gasteiger partial charge in [0.15, 0.2) is 5.82 Å². The number of benzene rings is 2. The van der Waals surface area contributed by atoms with Crippen LogP contribution in [0.15, 0.2) is 52.3 Å². The molecule has 3 aromatic rings. The molecule has 0 unspecified atom stereocenters. The Hall–Kier alpha value is -2.82. The highest BCUT2D eigenvalue weighted by Crippen LogP contribution is 2.27. The summed E-state index contributed by atoms with van der Waals surface area (Å²) in [5.74, 6) is -1.72. The lowest BCUT2D eigenvalue weighted by atomic mass is 10.2. The van der Waals surface area contributed by atoms with Gasteiger partial charge in [0.05, 0.1) is 16.8 Å². The molecule has 0 radical (unpaired) electrons. The topological polar surface area (TPSA) is 75.5 Å². The van der Waals surface area contributed by atoms with Crippen LogP contribution in [0, 0.1) is 25.5 Å². The average molecular weight is 495 g/mol. The first-order chi connectivity index (χ1) is 15.6. The quantitative estimate of drug-likeness (QED) is 0.556. The second-order valence-corrected chi connectivity index (χ2v) is 10.1. The number of rotatable bonds is 4. The zero-order valence-electron chi connectivity index (χ0n) is 17.9. The molecule has 11 heteroatoms. The Bertz CT molecular complexity index is 1390. The summed E-state index contributed by atoms with van der Waals surface area (Å²) in [5, 5.41) is 3.81. The largest absolute Gasteiger partial charge is 0.366 e. The highest BCUT2D eigenvalue weighted by atomic mass is 35.5. The Kier molecular flexibility index (Phi) is 6.26. The van der Waals surface area contributed by atoms with Crippen molar-refractivity contribution >= 4 is 27.3 Å². The molecule has 0 spiro atoms. The van der Waals surface area contributed by atoms with Crippen LogP contribution >= 0.6 is 11.6 Å². The Balaban J connectivity index is 1.56. The summed E-state index contributed by atoms with van der Waals surface area (Å²) in [5.41, 5.74) is 0.870. The molecule has 174 valence electrons.